The quantitative estimate of drug-likeness (QED) is 0.431. The highest BCUT2D eigenvalue weighted by Crippen LogP contribution is 2.30. The van der Waals surface area contributed by atoms with Crippen LogP contribution in [0.5, 0.6) is 5.75 Å². The fraction of sp³-hybridized carbons (Fsp3) is 0.455. The highest BCUT2D eigenvalue weighted by atomic mass is 16.5. The number of rotatable bonds is 8. The third kappa shape index (κ3) is 5.13. The molecule has 0 unspecified atom stereocenters. The van der Waals surface area contributed by atoms with Crippen LogP contribution in [0.25, 0.3) is 11.0 Å². The summed E-state index contributed by atoms with van der Waals surface area (Å²) in [6.07, 6.45) is 11.9. The van der Waals surface area contributed by atoms with Gasteiger partial charge in [-0.05, 0) is 50.7 Å². The van der Waals surface area contributed by atoms with Crippen LogP contribution in [-0.2, 0) is 11.2 Å². The highest BCUT2D eigenvalue weighted by molar-refractivity contribution is 5.84. The molecule has 0 spiro atoms. The molecule has 1 saturated carbocycles. The lowest BCUT2D eigenvalue weighted by molar-refractivity contribution is 0.151. The van der Waals surface area contributed by atoms with Gasteiger partial charge in [0.1, 0.15) is 11.3 Å². The maximum absolute atomic E-state index is 6.26. The van der Waals surface area contributed by atoms with Crippen LogP contribution in [0.15, 0.2) is 36.9 Å². The van der Waals surface area contributed by atoms with E-state index in [9.17, 15) is 0 Å². The summed E-state index contributed by atoms with van der Waals surface area (Å²) in [4.78, 5) is 17.6. The van der Waals surface area contributed by atoms with Crippen LogP contribution in [0.1, 0.15) is 38.2 Å². The second-order valence-corrected chi connectivity index (χ2v) is 7.54. The predicted octanol–water partition coefficient (Wildman–Crippen LogP) is 3.38. The van der Waals surface area contributed by atoms with E-state index in [1.165, 1.54) is 0 Å². The summed E-state index contributed by atoms with van der Waals surface area (Å²) in [7, 11) is 0. The third-order valence-corrected chi connectivity index (χ3v) is 5.31. The van der Waals surface area contributed by atoms with E-state index in [1.54, 1.807) is 12.4 Å². The molecule has 158 valence electrons. The van der Waals surface area contributed by atoms with E-state index in [0.717, 1.165) is 55.3 Å². The van der Waals surface area contributed by atoms with Crippen molar-refractivity contribution in [2.75, 3.05) is 24.3 Å². The first kappa shape index (κ1) is 20.3. The summed E-state index contributed by atoms with van der Waals surface area (Å²) < 4.78 is 11.6. The zero-order valence-corrected chi connectivity index (χ0v) is 17.3. The number of aromatic nitrogens is 4. The topological polar surface area (TPSA) is 108 Å². The molecule has 0 atom stereocenters. The second-order valence-electron chi connectivity index (χ2n) is 7.54. The van der Waals surface area contributed by atoms with Gasteiger partial charge >= 0.3 is 0 Å². The van der Waals surface area contributed by atoms with Gasteiger partial charge in [-0.1, -0.05) is 0 Å². The normalized spacial score (nSPS) is 19.0. The first-order valence-electron chi connectivity index (χ1n) is 10.5. The second kappa shape index (κ2) is 9.67. The van der Waals surface area contributed by atoms with Crippen molar-refractivity contribution in [3.63, 3.8) is 0 Å². The summed E-state index contributed by atoms with van der Waals surface area (Å²) in [5, 5.41) is 3.45. The number of anilines is 2. The first-order valence-corrected chi connectivity index (χ1v) is 10.5. The minimum Gasteiger partial charge on any atom is -0.488 e. The molecule has 0 amide bonds. The number of nitrogens with one attached hydrogen (secondary N) is 1. The molecule has 8 heteroatoms. The van der Waals surface area contributed by atoms with Crippen LogP contribution in [0.3, 0.4) is 0 Å². The largest absolute Gasteiger partial charge is 0.488 e. The number of benzene rings is 1. The Kier molecular flexibility index (Phi) is 6.53. The van der Waals surface area contributed by atoms with E-state index in [1.807, 2.05) is 31.5 Å². The predicted molar refractivity (Wildman–Crippen MR) is 116 cm³/mol. The molecule has 30 heavy (non-hydrogen) atoms. The third-order valence-electron chi connectivity index (χ3n) is 5.31. The van der Waals surface area contributed by atoms with Crippen LogP contribution >= 0.6 is 0 Å². The van der Waals surface area contributed by atoms with Crippen molar-refractivity contribution in [3.8, 4) is 5.75 Å². The van der Waals surface area contributed by atoms with E-state index in [-0.39, 0.29) is 6.10 Å². The Balaban J connectivity index is 1.29. The summed E-state index contributed by atoms with van der Waals surface area (Å²) >= 11 is 0. The summed E-state index contributed by atoms with van der Waals surface area (Å²) in [6.45, 7) is 3.42. The maximum Gasteiger partial charge on any atom is 0.222 e. The Morgan fingerprint density at radius 2 is 1.80 bits per heavy atom. The van der Waals surface area contributed by atoms with Gasteiger partial charge in [-0.2, -0.15) is 0 Å². The minimum atomic E-state index is 0.136. The van der Waals surface area contributed by atoms with Crippen molar-refractivity contribution in [1.29, 1.82) is 0 Å². The number of hydrogen-bond acceptors (Lipinski definition) is 8. The minimum absolute atomic E-state index is 0.136. The monoisotopic (exact) mass is 408 g/mol. The average molecular weight is 409 g/mol. The lowest BCUT2D eigenvalue weighted by Crippen LogP contribution is -2.31. The number of hydrogen-bond donors (Lipinski definition) is 2. The van der Waals surface area contributed by atoms with E-state index in [4.69, 9.17) is 15.2 Å². The summed E-state index contributed by atoms with van der Waals surface area (Å²) in [5.74, 6) is 1.39. The molecule has 8 nitrogen and oxygen atoms in total. The fourth-order valence-corrected chi connectivity index (χ4v) is 3.73. The molecule has 3 aromatic rings. The zero-order chi connectivity index (χ0) is 20.8. The van der Waals surface area contributed by atoms with Gasteiger partial charge in [0.15, 0.2) is 0 Å². The SMILES string of the molecule is CCOCCc1cnc(NC2CCC(Oc3cc(N)cc4nccnc34)CC2)nc1. The molecule has 2 heterocycles. The van der Waals surface area contributed by atoms with Crippen molar-refractivity contribution in [3.05, 3.63) is 42.5 Å². The molecular formula is C22H28N6O2. The van der Waals surface area contributed by atoms with E-state index in [0.29, 0.717) is 30.0 Å². The van der Waals surface area contributed by atoms with Crippen molar-refractivity contribution in [1.82, 2.24) is 19.9 Å². The van der Waals surface area contributed by atoms with Crippen LogP contribution < -0.4 is 15.8 Å². The van der Waals surface area contributed by atoms with Gasteiger partial charge in [0, 0.05) is 49.2 Å². The highest BCUT2D eigenvalue weighted by Gasteiger charge is 2.24. The Hall–Kier alpha value is -3.00. The van der Waals surface area contributed by atoms with E-state index < -0.39 is 0 Å². The first-order chi connectivity index (χ1) is 14.7. The Labute approximate surface area is 176 Å². The number of ether oxygens (including phenoxy) is 2. The van der Waals surface area contributed by atoms with Crippen molar-refractivity contribution >= 4 is 22.7 Å². The molecule has 1 fully saturated rings. The van der Waals surface area contributed by atoms with Gasteiger partial charge in [0.05, 0.1) is 18.2 Å². The van der Waals surface area contributed by atoms with Crippen molar-refractivity contribution in [2.24, 2.45) is 0 Å². The van der Waals surface area contributed by atoms with Crippen molar-refractivity contribution < 1.29 is 9.47 Å². The molecular weight excluding hydrogens is 380 g/mol. The molecule has 0 aliphatic heterocycles. The lowest BCUT2D eigenvalue weighted by Gasteiger charge is -2.29. The standard InChI is InChI=1S/C22H28N6O2/c1-2-29-10-7-15-13-26-22(27-14-15)28-17-3-5-18(6-4-17)30-20-12-16(23)11-19-21(20)25-9-8-24-19/h8-9,11-14,17-18H,2-7,10,23H2,1H3,(H,26,27,28). The Morgan fingerprint density at radius 3 is 2.57 bits per heavy atom. The van der Waals surface area contributed by atoms with Gasteiger partial charge in [-0.25, -0.2) is 15.0 Å². The van der Waals surface area contributed by atoms with E-state index >= 15 is 0 Å². The number of nitrogen functional groups attached to an aromatic ring is 1. The smallest absolute Gasteiger partial charge is 0.222 e. The lowest BCUT2D eigenvalue weighted by atomic mass is 9.93. The Morgan fingerprint density at radius 1 is 1.03 bits per heavy atom. The van der Waals surface area contributed by atoms with Crippen LogP contribution in [0.2, 0.25) is 0 Å². The number of nitrogens with two attached hydrogens (primary N) is 1. The molecule has 0 radical (unpaired) electrons. The van der Waals surface area contributed by atoms with Crippen LogP contribution in [-0.4, -0.2) is 45.3 Å². The average Bonchev–Trinajstić information content (AvgIpc) is 2.76. The summed E-state index contributed by atoms with van der Waals surface area (Å²) in [6, 6.07) is 4.00. The van der Waals surface area contributed by atoms with Gasteiger partial charge in [-0.3, -0.25) is 4.98 Å². The molecule has 0 saturated heterocycles. The summed E-state index contributed by atoms with van der Waals surface area (Å²) in [5.41, 5.74) is 9.23. The molecule has 3 N–H and O–H groups in total. The Bertz CT molecular complexity index is 958. The fourth-order valence-electron chi connectivity index (χ4n) is 3.73. The van der Waals surface area contributed by atoms with Gasteiger partial charge in [-0.15, -0.1) is 0 Å². The maximum atomic E-state index is 6.26. The van der Waals surface area contributed by atoms with Gasteiger partial charge < -0.3 is 20.5 Å². The van der Waals surface area contributed by atoms with Gasteiger partial charge in [0.2, 0.25) is 5.95 Å². The van der Waals surface area contributed by atoms with Crippen LogP contribution in [0.4, 0.5) is 11.6 Å². The molecule has 1 aliphatic carbocycles. The van der Waals surface area contributed by atoms with E-state index in [2.05, 4.69) is 25.3 Å². The van der Waals surface area contributed by atoms with Gasteiger partial charge in [0.25, 0.3) is 0 Å². The number of nitrogens with zero attached hydrogens (tertiary/aromatic N) is 4. The zero-order valence-electron chi connectivity index (χ0n) is 17.3. The molecule has 1 aliphatic rings. The molecule has 1 aromatic carbocycles. The molecule has 2 aromatic heterocycles. The molecule has 0 bridgehead atoms. The van der Waals surface area contributed by atoms with Crippen LogP contribution in [0, 0.1) is 0 Å². The molecule has 4 rings (SSSR count). The van der Waals surface area contributed by atoms with Crippen molar-refractivity contribution in [2.45, 2.75) is 51.2 Å². The number of fused-ring (bicyclic) bond motifs is 1.